The molecular formula is C10H16ClN3. The van der Waals surface area contributed by atoms with E-state index in [0.29, 0.717) is 6.04 Å². The van der Waals surface area contributed by atoms with Gasteiger partial charge in [0.15, 0.2) is 0 Å². The van der Waals surface area contributed by atoms with E-state index in [9.17, 15) is 0 Å². The third-order valence-electron chi connectivity index (χ3n) is 2.85. The lowest BCUT2D eigenvalue weighted by Crippen LogP contribution is -2.27. The van der Waals surface area contributed by atoms with E-state index in [2.05, 4.69) is 10.4 Å². The summed E-state index contributed by atoms with van der Waals surface area (Å²) in [5, 5.41) is 8.68. The molecule has 2 rings (SSSR count). The molecule has 0 aromatic carbocycles. The summed E-state index contributed by atoms with van der Waals surface area (Å²) in [4.78, 5) is 0. The Labute approximate surface area is 89.4 Å². The van der Waals surface area contributed by atoms with Crippen molar-refractivity contribution in [2.24, 2.45) is 0 Å². The zero-order valence-corrected chi connectivity index (χ0v) is 9.43. The zero-order chi connectivity index (χ0) is 10.1. The first-order chi connectivity index (χ1) is 6.68. The molecule has 4 heteroatoms. The molecule has 0 aliphatic carbocycles. The van der Waals surface area contributed by atoms with Gasteiger partial charge < -0.3 is 5.32 Å². The predicted octanol–water partition coefficient (Wildman–Crippen LogP) is 1.91. The molecule has 1 saturated heterocycles. The van der Waals surface area contributed by atoms with Crippen molar-refractivity contribution in [1.82, 2.24) is 15.1 Å². The van der Waals surface area contributed by atoms with Gasteiger partial charge in [-0.3, -0.25) is 4.68 Å². The van der Waals surface area contributed by atoms with E-state index in [1.807, 2.05) is 18.5 Å². The highest BCUT2D eigenvalue weighted by atomic mass is 35.5. The highest BCUT2D eigenvalue weighted by Crippen LogP contribution is 2.20. The molecule has 1 aromatic heterocycles. The molecule has 1 aliphatic heterocycles. The number of aryl methyl sites for hydroxylation is 1. The maximum Gasteiger partial charge on any atom is 0.0844 e. The van der Waals surface area contributed by atoms with Crippen LogP contribution in [-0.2, 0) is 6.54 Å². The fourth-order valence-corrected chi connectivity index (χ4v) is 2.11. The van der Waals surface area contributed by atoms with E-state index in [1.54, 1.807) is 0 Å². The number of nitrogens with one attached hydrogen (secondary N) is 1. The number of aromatic nitrogens is 2. The largest absolute Gasteiger partial charge is 0.312 e. The Bertz CT molecular complexity index is 326. The Balaban J connectivity index is 2.12. The third kappa shape index (κ3) is 1.79. The summed E-state index contributed by atoms with van der Waals surface area (Å²) in [6.07, 6.45) is 2.52. The average Bonchev–Trinajstić information content (AvgIpc) is 2.73. The highest BCUT2D eigenvalue weighted by Gasteiger charge is 2.17. The van der Waals surface area contributed by atoms with Crippen molar-refractivity contribution in [1.29, 1.82) is 0 Å². The Kier molecular flexibility index (Phi) is 2.79. The molecule has 0 unspecified atom stereocenters. The van der Waals surface area contributed by atoms with Gasteiger partial charge in [-0.2, -0.15) is 5.10 Å². The van der Waals surface area contributed by atoms with E-state index in [1.165, 1.54) is 12.8 Å². The molecule has 0 amide bonds. The van der Waals surface area contributed by atoms with Crippen LogP contribution in [0.25, 0.3) is 0 Å². The van der Waals surface area contributed by atoms with Crippen LogP contribution in [0.15, 0.2) is 0 Å². The van der Waals surface area contributed by atoms with Gasteiger partial charge >= 0.3 is 0 Å². The Morgan fingerprint density at radius 3 is 2.86 bits per heavy atom. The van der Waals surface area contributed by atoms with Crippen LogP contribution in [0, 0.1) is 13.8 Å². The van der Waals surface area contributed by atoms with Crippen LogP contribution < -0.4 is 5.32 Å². The summed E-state index contributed by atoms with van der Waals surface area (Å²) in [6.45, 7) is 6.06. The second-order valence-electron chi connectivity index (χ2n) is 3.96. The van der Waals surface area contributed by atoms with Gasteiger partial charge in [0.05, 0.1) is 23.0 Å². The SMILES string of the molecule is Cc1nn(C[C@H]2CCCN2)c(C)c1Cl. The fraction of sp³-hybridized carbons (Fsp3) is 0.700. The van der Waals surface area contributed by atoms with Crippen molar-refractivity contribution in [3.05, 3.63) is 16.4 Å². The standard InChI is InChI=1S/C10H16ClN3/c1-7-10(11)8(2)14(13-7)6-9-4-3-5-12-9/h9,12H,3-6H2,1-2H3/t9-/m1/s1. The molecule has 0 radical (unpaired) electrons. The summed E-state index contributed by atoms with van der Waals surface area (Å²) >= 11 is 6.08. The average molecular weight is 214 g/mol. The smallest absolute Gasteiger partial charge is 0.0844 e. The number of rotatable bonds is 2. The number of nitrogens with zero attached hydrogens (tertiary/aromatic N) is 2. The van der Waals surface area contributed by atoms with Crippen molar-refractivity contribution < 1.29 is 0 Å². The molecule has 2 heterocycles. The van der Waals surface area contributed by atoms with E-state index in [-0.39, 0.29) is 0 Å². The number of halogens is 1. The molecule has 1 fully saturated rings. The van der Waals surface area contributed by atoms with Crippen molar-refractivity contribution in [2.75, 3.05) is 6.54 Å². The van der Waals surface area contributed by atoms with E-state index >= 15 is 0 Å². The lowest BCUT2D eigenvalue weighted by atomic mass is 10.2. The van der Waals surface area contributed by atoms with Crippen LogP contribution in [0.4, 0.5) is 0 Å². The molecule has 1 aromatic rings. The molecule has 14 heavy (non-hydrogen) atoms. The molecular weight excluding hydrogens is 198 g/mol. The molecule has 1 N–H and O–H groups in total. The first kappa shape index (κ1) is 9.99. The molecule has 0 spiro atoms. The Morgan fingerprint density at radius 1 is 1.57 bits per heavy atom. The van der Waals surface area contributed by atoms with Gasteiger partial charge in [-0.05, 0) is 33.2 Å². The molecule has 1 atom stereocenters. The second kappa shape index (κ2) is 3.91. The number of hydrogen-bond donors (Lipinski definition) is 1. The van der Waals surface area contributed by atoms with E-state index in [0.717, 1.165) is 29.5 Å². The van der Waals surface area contributed by atoms with Crippen LogP contribution in [0.3, 0.4) is 0 Å². The Hall–Kier alpha value is -0.540. The number of hydrogen-bond acceptors (Lipinski definition) is 2. The topological polar surface area (TPSA) is 29.9 Å². The van der Waals surface area contributed by atoms with E-state index in [4.69, 9.17) is 11.6 Å². The second-order valence-corrected chi connectivity index (χ2v) is 4.34. The lowest BCUT2D eigenvalue weighted by Gasteiger charge is -2.11. The van der Waals surface area contributed by atoms with Crippen LogP contribution in [-0.4, -0.2) is 22.4 Å². The minimum absolute atomic E-state index is 0.573. The fourth-order valence-electron chi connectivity index (χ4n) is 1.97. The molecule has 0 saturated carbocycles. The van der Waals surface area contributed by atoms with Gasteiger partial charge in [0, 0.05) is 6.04 Å². The molecule has 1 aliphatic rings. The maximum atomic E-state index is 6.08. The van der Waals surface area contributed by atoms with Crippen LogP contribution in [0.5, 0.6) is 0 Å². The minimum Gasteiger partial charge on any atom is -0.312 e. The van der Waals surface area contributed by atoms with Crippen molar-refractivity contribution >= 4 is 11.6 Å². The molecule has 3 nitrogen and oxygen atoms in total. The molecule has 0 bridgehead atoms. The predicted molar refractivity (Wildman–Crippen MR) is 57.7 cm³/mol. The van der Waals surface area contributed by atoms with Gasteiger partial charge in [0.25, 0.3) is 0 Å². The lowest BCUT2D eigenvalue weighted by molar-refractivity contribution is 0.467. The summed E-state index contributed by atoms with van der Waals surface area (Å²) < 4.78 is 2.01. The normalized spacial score (nSPS) is 21.8. The third-order valence-corrected chi connectivity index (χ3v) is 3.40. The monoisotopic (exact) mass is 213 g/mol. The summed E-state index contributed by atoms with van der Waals surface area (Å²) in [7, 11) is 0. The highest BCUT2D eigenvalue weighted by molar-refractivity contribution is 6.31. The zero-order valence-electron chi connectivity index (χ0n) is 8.68. The van der Waals surface area contributed by atoms with Crippen LogP contribution in [0.1, 0.15) is 24.2 Å². The van der Waals surface area contributed by atoms with Gasteiger partial charge in [0.2, 0.25) is 0 Å². The van der Waals surface area contributed by atoms with Crippen molar-refractivity contribution in [3.8, 4) is 0 Å². The first-order valence-corrected chi connectivity index (χ1v) is 5.49. The maximum absolute atomic E-state index is 6.08. The van der Waals surface area contributed by atoms with Gasteiger partial charge in [-0.25, -0.2) is 0 Å². The summed E-state index contributed by atoms with van der Waals surface area (Å²) in [5.41, 5.74) is 2.01. The van der Waals surface area contributed by atoms with Gasteiger partial charge in [-0.15, -0.1) is 0 Å². The van der Waals surface area contributed by atoms with Gasteiger partial charge in [-0.1, -0.05) is 11.6 Å². The summed E-state index contributed by atoms with van der Waals surface area (Å²) in [6, 6.07) is 0.573. The van der Waals surface area contributed by atoms with Crippen molar-refractivity contribution in [2.45, 2.75) is 39.3 Å². The minimum atomic E-state index is 0.573. The van der Waals surface area contributed by atoms with Crippen molar-refractivity contribution in [3.63, 3.8) is 0 Å². The quantitative estimate of drug-likeness (QED) is 0.814. The van der Waals surface area contributed by atoms with Crippen LogP contribution in [0.2, 0.25) is 5.02 Å². The summed E-state index contributed by atoms with van der Waals surface area (Å²) in [5.74, 6) is 0. The van der Waals surface area contributed by atoms with E-state index < -0.39 is 0 Å². The van der Waals surface area contributed by atoms with Crippen LogP contribution >= 0.6 is 11.6 Å². The van der Waals surface area contributed by atoms with Gasteiger partial charge in [0.1, 0.15) is 0 Å². The Morgan fingerprint density at radius 2 is 2.36 bits per heavy atom. The molecule has 78 valence electrons. The first-order valence-electron chi connectivity index (χ1n) is 5.11.